The predicted molar refractivity (Wildman–Crippen MR) is 115 cm³/mol. The number of ether oxygens (including phenoxy) is 1. The van der Waals surface area contributed by atoms with Gasteiger partial charge in [0.05, 0.1) is 24.2 Å². The number of anilines is 1. The molecule has 0 fully saturated rings. The molecule has 0 radical (unpaired) electrons. The number of methoxy groups -OCH3 is 1. The van der Waals surface area contributed by atoms with Crippen LogP contribution in [0, 0.1) is 0 Å². The van der Waals surface area contributed by atoms with Crippen molar-refractivity contribution in [1.29, 1.82) is 0 Å². The topological polar surface area (TPSA) is 63.6 Å². The Balaban J connectivity index is 1.77. The van der Waals surface area contributed by atoms with Crippen LogP contribution in [0.1, 0.15) is 24.0 Å². The van der Waals surface area contributed by atoms with Crippen molar-refractivity contribution in [3.63, 3.8) is 0 Å². The first-order valence-corrected chi connectivity index (χ1v) is 10.1. The lowest BCUT2D eigenvalue weighted by Crippen LogP contribution is -2.33. The van der Waals surface area contributed by atoms with Gasteiger partial charge in [0, 0.05) is 49.5 Å². The van der Waals surface area contributed by atoms with E-state index < -0.39 is 0 Å². The molecule has 6 heteroatoms. The molecule has 0 bridgehead atoms. The van der Waals surface area contributed by atoms with Crippen molar-refractivity contribution in [2.24, 2.45) is 0 Å². The summed E-state index contributed by atoms with van der Waals surface area (Å²) in [7, 11) is 1.69. The summed E-state index contributed by atoms with van der Waals surface area (Å²) in [6.45, 7) is 3.03. The summed E-state index contributed by atoms with van der Waals surface area (Å²) in [4.78, 5) is 26.8. The van der Waals surface area contributed by atoms with Gasteiger partial charge in [0.15, 0.2) is 0 Å². The Kier molecular flexibility index (Phi) is 4.44. The van der Waals surface area contributed by atoms with Crippen molar-refractivity contribution in [3.8, 4) is 0 Å². The van der Waals surface area contributed by atoms with Crippen LogP contribution >= 0.6 is 0 Å². The molecule has 2 aromatic carbocycles. The third-order valence-corrected chi connectivity index (χ3v) is 5.99. The van der Waals surface area contributed by atoms with Gasteiger partial charge in [-0.05, 0) is 23.3 Å². The number of imide groups is 1. The van der Waals surface area contributed by atoms with Gasteiger partial charge in [0.25, 0.3) is 5.91 Å². The van der Waals surface area contributed by atoms with Crippen molar-refractivity contribution < 1.29 is 14.3 Å². The molecule has 2 amide bonds. The van der Waals surface area contributed by atoms with Crippen LogP contribution in [0.5, 0.6) is 0 Å². The zero-order valence-electron chi connectivity index (χ0n) is 17.0. The van der Waals surface area contributed by atoms with Gasteiger partial charge in [0.2, 0.25) is 5.91 Å². The second-order valence-corrected chi connectivity index (χ2v) is 7.74. The lowest BCUT2D eigenvalue weighted by molar-refractivity contribution is -0.139. The molecule has 30 heavy (non-hydrogen) atoms. The van der Waals surface area contributed by atoms with Crippen LogP contribution < -0.4 is 5.32 Å². The third kappa shape index (κ3) is 2.75. The van der Waals surface area contributed by atoms with E-state index in [1.807, 2.05) is 42.5 Å². The van der Waals surface area contributed by atoms with Crippen molar-refractivity contribution in [2.75, 3.05) is 25.6 Å². The molecular formula is C24H23N3O3. The molecule has 2 aliphatic rings. The molecule has 0 saturated heterocycles. The van der Waals surface area contributed by atoms with Crippen LogP contribution in [0.3, 0.4) is 0 Å². The van der Waals surface area contributed by atoms with Crippen LogP contribution in [0.2, 0.25) is 0 Å². The van der Waals surface area contributed by atoms with Crippen LogP contribution in [0.25, 0.3) is 10.9 Å². The van der Waals surface area contributed by atoms with E-state index in [-0.39, 0.29) is 24.3 Å². The Hall–Kier alpha value is -3.38. The number of benzene rings is 2. The van der Waals surface area contributed by atoms with Crippen molar-refractivity contribution in [2.45, 2.75) is 19.4 Å². The zero-order valence-corrected chi connectivity index (χ0v) is 17.0. The van der Waals surface area contributed by atoms with E-state index in [9.17, 15) is 9.59 Å². The number of rotatable bonds is 4. The third-order valence-electron chi connectivity index (χ3n) is 5.99. The van der Waals surface area contributed by atoms with Gasteiger partial charge in [-0.25, -0.2) is 0 Å². The fourth-order valence-electron chi connectivity index (χ4n) is 4.64. The molecule has 1 N–H and O–H groups in total. The number of nitrogens with one attached hydrogen (secondary N) is 1. The molecule has 1 aromatic heterocycles. The molecular weight excluding hydrogens is 378 g/mol. The number of nitrogens with zero attached hydrogens (tertiary/aromatic N) is 2. The number of amides is 2. The van der Waals surface area contributed by atoms with Crippen LogP contribution in [-0.2, 0) is 20.9 Å². The van der Waals surface area contributed by atoms with E-state index in [0.717, 1.165) is 40.0 Å². The van der Waals surface area contributed by atoms with E-state index >= 15 is 0 Å². The highest BCUT2D eigenvalue weighted by Crippen LogP contribution is 2.46. The van der Waals surface area contributed by atoms with Crippen LogP contribution in [-0.4, -0.2) is 41.5 Å². The highest BCUT2D eigenvalue weighted by Gasteiger charge is 2.41. The molecule has 6 nitrogen and oxygen atoms in total. The average molecular weight is 401 g/mol. The normalized spacial score (nSPS) is 17.9. The van der Waals surface area contributed by atoms with Gasteiger partial charge >= 0.3 is 0 Å². The highest BCUT2D eigenvalue weighted by molar-refractivity contribution is 6.11. The molecule has 152 valence electrons. The Bertz CT molecular complexity index is 1190. The molecule has 0 saturated carbocycles. The summed E-state index contributed by atoms with van der Waals surface area (Å²) in [5.41, 5.74) is 5.62. The Morgan fingerprint density at radius 3 is 2.70 bits per heavy atom. The van der Waals surface area contributed by atoms with E-state index in [2.05, 4.69) is 22.1 Å². The first-order valence-electron chi connectivity index (χ1n) is 10.1. The SMILES string of the molecule is COCCn1cc2c3c(cccc31)NC1=C(C(=O)N(C(C)=O)C1)C2c1ccccc1. The van der Waals surface area contributed by atoms with Gasteiger partial charge < -0.3 is 14.6 Å². The first kappa shape index (κ1) is 18.6. The van der Waals surface area contributed by atoms with E-state index in [0.29, 0.717) is 12.2 Å². The van der Waals surface area contributed by atoms with Crippen LogP contribution in [0.15, 0.2) is 66.0 Å². The quantitative estimate of drug-likeness (QED) is 0.727. The minimum atomic E-state index is -0.250. The van der Waals surface area contributed by atoms with Crippen molar-refractivity contribution in [3.05, 3.63) is 77.1 Å². The standard InChI is InChI=1S/C24H23N3O3/c1-15(28)27-14-19-23(24(27)29)21(16-7-4-3-5-8-16)17-13-26(11-12-30-2)20-10-6-9-18(25-19)22(17)20/h3-10,13,21,25H,11-12,14H2,1-2H3. The maximum absolute atomic E-state index is 13.3. The van der Waals surface area contributed by atoms with Gasteiger partial charge in [0.1, 0.15) is 0 Å². The van der Waals surface area contributed by atoms with Crippen LogP contribution in [0.4, 0.5) is 5.69 Å². The van der Waals surface area contributed by atoms with E-state index in [1.54, 1.807) is 7.11 Å². The lowest BCUT2D eigenvalue weighted by Gasteiger charge is -2.19. The van der Waals surface area contributed by atoms with Crippen molar-refractivity contribution >= 4 is 28.4 Å². The first-order chi connectivity index (χ1) is 14.6. The Morgan fingerprint density at radius 2 is 1.97 bits per heavy atom. The van der Waals surface area contributed by atoms with Gasteiger partial charge in [-0.1, -0.05) is 36.4 Å². The fourth-order valence-corrected chi connectivity index (χ4v) is 4.64. The van der Waals surface area contributed by atoms with E-state index in [1.165, 1.54) is 11.8 Å². The summed E-state index contributed by atoms with van der Waals surface area (Å²) in [6.07, 6.45) is 2.13. The largest absolute Gasteiger partial charge is 0.383 e. The summed E-state index contributed by atoms with van der Waals surface area (Å²) in [5, 5.41) is 4.60. The predicted octanol–water partition coefficient (Wildman–Crippen LogP) is 3.49. The molecule has 5 rings (SSSR count). The second-order valence-electron chi connectivity index (χ2n) is 7.74. The maximum Gasteiger partial charge on any atom is 0.259 e. The Morgan fingerprint density at radius 1 is 1.17 bits per heavy atom. The molecule has 2 aliphatic heterocycles. The molecule has 3 heterocycles. The number of aromatic nitrogens is 1. The summed E-state index contributed by atoms with van der Waals surface area (Å²) < 4.78 is 7.49. The summed E-state index contributed by atoms with van der Waals surface area (Å²) in [6, 6.07) is 16.2. The monoisotopic (exact) mass is 401 g/mol. The number of hydrogen-bond acceptors (Lipinski definition) is 4. The highest BCUT2D eigenvalue weighted by atomic mass is 16.5. The van der Waals surface area contributed by atoms with Gasteiger partial charge in [-0.15, -0.1) is 0 Å². The molecule has 1 atom stereocenters. The number of carbonyl (C=O) groups excluding carboxylic acids is 2. The van der Waals surface area contributed by atoms with Gasteiger partial charge in [-0.2, -0.15) is 0 Å². The Labute approximate surface area is 174 Å². The average Bonchev–Trinajstić information content (AvgIpc) is 3.23. The zero-order chi connectivity index (χ0) is 20.8. The van der Waals surface area contributed by atoms with Crippen molar-refractivity contribution in [1.82, 2.24) is 9.47 Å². The molecule has 0 aliphatic carbocycles. The maximum atomic E-state index is 13.3. The van der Waals surface area contributed by atoms with E-state index in [4.69, 9.17) is 4.74 Å². The molecule has 1 unspecified atom stereocenters. The summed E-state index contributed by atoms with van der Waals surface area (Å²) in [5.74, 6) is -0.706. The second kappa shape index (κ2) is 7.15. The smallest absolute Gasteiger partial charge is 0.259 e. The molecule has 3 aromatic rings. The minimum Gasteiger partial charge on any atom is -0.383 e. The number of hydrogen-bond donors (Lipinski definition) is 1. The number of carbonyl (C=O) groups is 2. The lowest BCUT2D eigenvalue weighted by atomic mass is 9.84. The fraction of sp³-hybridized carbons (Fsp3) is 0.250. The summed E-state index contributed by atoms with van der Waals surface area (Å²) >= 11 is 0. The van der Waals surface area contributed by atoms with Gasteiger partial charge in [-0.3, -0.25) is 14.5 Å². The minimum absolute atomic E-state index is 0.218. The molecule has 0 spiro atoms.